The summed E-state index contributed by atoms with van der Waals surface area (Å²) >= 11 is 0. The number of nitrogens with zero attached hydrogens (tertiary/aromatic N) is 4. The second kappa shape index (κ2) is 16.3. The van der Waals surface area contributed by atoms with Gasteiger partial charge in [0.15, 0.2) is 5.75 Å². The summed E-state index contributed by atoms with van der Waals surface area (Å²) in [5.74, 6) is -2.23. The van der Waals surface area contributed by atoms with Crippen LogP contribution in [-0.4, -0.2) is 69.8 Å². The van der Waals surface area contributed by atoms with Gasteiger partial charge in [-0.05, 0) is 56.5 Å². The number of benzene rings is 1. The maximum absolute atomic E-state index is 13.6. The highest BCUT2D eigenvalue weighted by molar-refractivity contribution is 5.89. The van der Waals surface area contributed by atoms with Gasteiger partial charge in [-0.15, -0.1) is 0 Å². The van der Waals surface area contributed by atoms with Gasteiger partial charge in [-0.1, -0.05) is 6.92 Å². The molecule has 0 bridgehead atoms. The first-order valence-corrected chi connectivity index (χ1v) is 15.3. The van der Waals surface area contributed by atoms with Crippen LogP contribution in [0.25, 0.3) is 0 Å². The summed E-state index contributed by atoms with van der Waals surface area (Å²) in [5, 5.41) is 19.0. The van der Waals surface area contributed by atoms with E-state index in [1.807, 2.05) is 13.8 Å². The zero-order chi connectivity index (χ0) is 37.4. The molecule has 18 heteroatoms. The topological polar surface area (TPSA) is 170 Å². The number of methoxy groups -OCH3 is 1. The summed E-state index contributed by atoms with van der Waals surface area (Å²) in [7, 11) is 1.34. The van der Waals surface area contributed by atoms with Crippen LogP contribution in [0.1, 0.15) is 79.9 Å². The first kappa shape index (κ1) is 39.7. The number of carbonyl (C=O) groups is 2. The van der Waals surface area contributed by atoms with E-state index in [1.165, 1.54) is 19.2 Å². The SMILES string of the molecule is CCOCC.CC[C@]1(N)C[C@H](c2ncc(OCCC(=O)O)c(Cc3cc(C(F)(F)F)cc(C(F)(F)F)c3)n2)c2nc(OC)ccc2N1C(=O)O. The summed E-state index contributed by atoms with van der Waals surface area (Å²) in [6.07, 6.45) is -11.5. The fourth-order valence-corrected chi connectivity index (χ4v) is 5.20. The van der Waals surface area contributed by atoms with Crippen molar-refractivity contribution < 1.29 is 60.4 Å². The fourth-order valence-electron chi connectivity index (χ4n) is 5.20. The summed E-state index contributed by atoms with van der Waals surface area (Å²) < 4.78 is 96.8. The maximum atomic E-state index is 13.6. The Bertz CT molecular complexity index is 1620. The van der Waals surface area contributed by atoms with Gasteiger partial charge in [0, 0.05) is 25.7 Å². The molecule has 4 rings (SSSR count). The number of carboxylic acid groups (broad SMARTS) is 2. The van der Waals surface area contributed by atoms with Crippen LogP contribution in [0.15, 0.2) is 36.5 Å². The zero-order valence-corrected chi connectivity index (χ0v) is 27.6. The molecule has 4 N–H and O–H groups in total. The molecule has 0 saturated carbocycles. The summed E-state index contributed by atoms with van der Waals surface area (Å²) in [6.45, 7) is 6.92. The monoisotopic (exact) mass is 717 g/mol. The van der Waals surface area contributed by atoms with Crippen LogP contribution in [0.2, 0.25) is 0 Å². The number of aliphatic carboxylic acids is 1. The Hall–Kier alpha value is -4.71. The van der Waals surface area contributed by atoms with E-state index in [0.717, 1.165) is 24.3 Å². The second-order valence-corrected chi connectivity index (χ2v) is 11.0. The summed E-state index contributed by atoms with van der Waals surface area (Å²) in [6, 6.07) is 3.95. The van der Waals surface area contributed by atoms with E-state index in [4.69, 9.17) is 25.1 Å². The zero-order valence-electron chi connectivity index (χ0n) is 27.6. The Kier molecular flexibility index (Phi) is 13.0. The third-order valence-electron chi connectivity index (χ3n) is 7.62. The highest BCUT2D eigenvalue weighted by Crippen LogP contribution is 2.45. The average molecular weight is 718 g/mol. The van der Waals surface area contributed by atoms with Crippen LogP contribution >= 0.6 is 0 Å². The number of halogens is 6. The van der Waals surface area contributed by atoms with Crippen LogP contribution in [0, 0.1) is 0 Å². The van der Waals surface area contributed by atoms with E-state index in [0.29, 0.717) is 12.1 Å². The van der Waals surface area contributed by atoms with Gasteiger partial charge in [0.2, 0.25) is 5.88 Å². The number of anilines is 1. The third-order valence-corrected chi connectivity index (χ3v) is 7.62. The van der Waals surface area contributed by atoms with Crippen LogP contribution in [0.3, 0.4) is 0 Å². The molecule has 1 amide bonds. The number of fused-ring (bicyclic) bond motifs is 1. The molecule has 1 aliphatic heterocycles. The molecule has 0 spiro atoms. The van der Waals surface area contributed by atoms with Crippen LogP contribution in [0.4, 0.5) is 36.8 Å². The lowest BCUT2D eigenvalue weighted by atomic mass is 9.83. The lowest BCUT2D eigenvalue weighted by Gasteiger charge is -2.45. The van der Waals surface area contributed by atoms with Crippen molar-refractivity contribution in [2.75, 3.05) is 31.8 Å². The summed E-state index contributed by atoms with van der Waals surface area (Å²) in [4.78, 5) is 37.4. The third kappa shape index (κ3) is 9.71. The van der Waals surface area contributed by atoms with Gasteiger partial charge in [-0.2, -0.15) is 26.3 Å². The molecule has 2 atom stereocenters. The molecule has 1 aromatic carbocycles. The number of nitrogens with two attached hydrogens (primary N) is 1. The number of ether oxygens (including phenoxy) is 3. The van der Waals surface area contributed by atoms with Gasteiger partial charge in [0.05, 0.1) is 60.5 Å². The first-order valence-electron chi connectivity index (χ1n) is 15.3. The molecule has 0 unspecified atom stereocenters. The van der Waals surface area contributed by atoms with E-state index >= 15 is 0 Å². The molecule has 0 radical (unpaired) electrons. The largest absolute Gasteiger partial charge is 0.489 e. The second-order valence-electron chi connectivity index (χ2n) is 11.0. The van der Waals surface area contributed by atoms with Gasteiger partial charge in [0.1, 0.15) is 11.5 Å². The number of alkyl halides is 6. The van der Waals surface area contributed by atoms with Crippen molar-refractivity contribution in [3.05, 3.63) is 70.4 Å². The number of hydrogen-bond donors (Lipinski definition) is 3. The molecular weight excluding hydrogens is 680 g/mol. The van der Waals surface area contributed by atoms with Crippen molar-refractivity contribution in [1.82, 2.24) is 15.0 Å². The highest BCUT2D eigenvalue weighted by Gasteiger charge is 2.47. The van der Waals surface area contributed by atoms with Crippen molar-refractivity contribution in [2.24, 2.45) is 5.73 Å². The minimum absolute atomic E-state index is 0.00300. The van der Waals surface area contributed by atoms with E-state index in [2.05, 4.69) is 15.0 Å². The Morgan fingerprint density at radius 1 is 1.00 bits per heavy atom. The van der Waals surface area contributed by atoms with E-state index in [9.17, 15) is 41.0 Å². The standard InChI is InChI=1S/C28H27F6N5O6.C4H10O/c1-3-26(35)12-17(23-19(39(26)25(42)43)4-5-21(38-23)44-2)24-36-13-20(45-7-6-22(40)41)18(37-24)10-14-8-15(27(29,30)31)11-16(9-14)28(32,33)34;1-3-5-4-2/h4-5,8-9,11,13,17H,3,6-7,10,12,35H2,1-2H3,(H,40,41)(H,42,43);3-4H2,1-2H3/t17-,26+;/m0./s1. The lowest BCUT2D eigenvalue weighted by molar-refractivity contribution is -0.143. The molecule has 2 aromatic heterocycles. The Morgan fingerprint density at radius 3 is 2.10 bits per heavy atom. The van der Waals surface area contributed by atoms with Crippen LogP contribution in [-0.2, 0) is 28.3 Å². The maximum Gasteiger partial charge on any atom is 0.416 e. The molecule has 12 nitrogen and oxygen atoms in total. The van der Waals surface area contributed by atoms with Gasteiger partial charge in [-0.25, -0.2) is 19.7 Å². The highest BCUT2D eigenvalue weighted by atomic mass is 19.4. The van der Waals surface area contributed by atoms with Gasteiger partial charge in [0.25, 0.3) is 0 Å². The van der Waals surface area contributed by atoms with Gasteiger partial charge in [-0.3, -0.25) is 9.69 Å². The molecule has 0 saturated heterocycles. The van der Waals surface area contributed by atoms with Crippen molar-refractivity contribution in [1.29, 1.82) is 0 Å². The molecule has 0 fully saturated rings. The minimum Gasteiger partial charge on any atom is -0.489 e. The van der Waals surface area contributed by atoms with Gasteiger partial charge < -0.3 is 30.2 Å². The summed E-state index contributed by atoms with van der Waals surface area (Å²) in [5.41, 5.74) is 1.70. The number of pyridine rings is 1. The van der Waals surface area contributed by atoms with Crippen molar-refractivity contribution in [3.8, 4) is 11.6 Å². The normalized spacial score (nSPS) is 17.3. The van der Waals surface area contributed by atoms with Crippen LogP contribution in [0.5, 0.6) is 11.6 Å². The van der Waals surface area contributed by atoms with E-state index in [1.54, 1.807) is 6.92 Å². The van der Waals surface area contributed by atoms with Crippen molar-refractivity contribution in [2.45, 2.75) is 70.4 Å². The first-order chi connectivity index (χ1) is 23.4. The van der Waals surface area contributed by atoms with Crippen molar-refractivity contribution in [3.63, 3.8) is 0 Å². The molecule has 3 heterocycles. The van der Waals surface area contributed by atoms with Gasteiger partial charge >= 0.3 is 24.4 Å². The van der Waals surface area contributed by atoms with E-state index < -0.39 is 72.1 Å². The number of aromatic nitrogens is 3. The number of rotatable bonds is 11. The van der Waals surface area contributed by atoms with Crippen molar-refractivity contribution >= 4 is 17.7 Å². The minimum atomic E-state index is -5.09. The number of carboxylic acids is 1. The number of amides is 1. The smallest absolute Gasteiger partial charge is 0.416 e. The fraction of sp³-hybridized carbons (Fsp3) is 0.469. The average Bonchev–Trinajstić information content (AvgIpc) is 3.04. The quantitative estimate of drug-likeness (QED) is 0.185. The molecule has 274 valence electrons. The predicted octanol–water partition coefficient (Wildman–Crippen LogP) is 6.49. The lowest BCUT2D eigenvalue weighted by Crippen LogP contribution is -2.61. The van der Waals surface area contributed by atoms with E-state index in [-0.39, 0.29) is 53.4 Å². The molecule has 0 aliphatic carbocycles. The molecule has 3 aromatic rings. The Balaban J connectivity index is 0.00000126. The Morgan fingerprint density at radius 2 is 1.62 bits per heavy atom. The molecular formula is C32H37F6N5O7. The van der Waals surface area contributed by atoms with Crippen LogP contribution < -0.4 is 20.1 Å². The molecule has 50 heavy (non-hydrogen) atoms. The Labute approximate surface area is 283 Å². The number of hydrogen-bond acceptors (Lipinski definition) is 9. The predicted molar refractivity (Wildman–Crippen MR) is 166 cm³/mol. The molecule has 1 aliphatic rings.